The van der Waals surface area contributed by atoms with Gasteiger partial charge in [0.2, 0.25) is 5.91 Å². The quantitative estimate of drug-likeness (QED) is 0.706. The highest BCUT2D eigenvalue weighted by atomic mass is 16.6. The van der Waals surface area contributed by atoms with E-state index < -0.39 is 5.60 Å². The number of aromatic nitrogens is 1. The van der Waals surface area contributed by atoms with Crippen molar-refractivity contribution in [2.24, 2.45) is 5.92 Å². The van der Waals surface area contributed by atoms with Gasteiger partial charge in [-0.1, -0.05) is 0 Å². The smallest absolute Gasteiger partial charge is 0.410 e. The van der Waals surface area contributed by atoms with Crippen molar-refractivity contribution < 1.29 is 19.1 Å². The topological polar surface area (TPSA) is 84.0 Å². The molecule has 34 heavy (non-hydrogen) atoms. The van der Waals surface area contributed by atoms with Crippen LogP contribution < -0.4 is 15.0 Å². The second-order valence-electron chi connectivity index (χ2n) is 9.94. The van der Waals surface area contributed by atoms with Crippen LogP contribution in [0.4, 0.5) is 16.2 Å². The van der Waals surface area contributed by atoms with Crippen LogP contribution in [0.3, 0.4) is 0 Å². The van der Waals surface area contributed by atoms with Gasteiger partial charge in [-0.15, -0.1) is 0 Å². The highest BCUT2D eigenvalue weighted by molar-refractivity contribution is 5.93. The van der Waals surface area contributed by atoms with Crippen molar-refractivity contribution in [3.05, 3.63) is 48.8 Å². The third-order valence-corrected chi connectivity index (χ3v) is 6.09. The van der Waals surface area contributed by atoms with Crippen LogP contribution in [0.2, 0.25) is 0 Å². The molecular formula is C26H34N4O4. The normalized spacial score (nSPS) is 19.1. The van der Waals surface area contributed by atoms with Gasteiger partial charge >= 0.3 is 6.09 Å². The Labute approximate surface area is 201 Å². The van der Waals surface area contributed by atoms with Gasteiger partial charge in [0.05, 0.1) is 17.8 Å². The summed E-state index contributed by atoms with van der Waals surface area (Å²) in [6.07, 6.45) is 5.71. The summed E-state index contributed by atoms with van der Waals surface area (Å²) < 4.78 is 11.5. The summed E-state index contributed by atoms with van der Waals surface area (Å²) >= 11 is 0. The number of likely N-dealkylation sites (tertiary alicyclic amines) is 1. The molecule has 8 heteroatoms. The van der Waals surface area contributed by atoms with Crippen LogP contribution in [0.5, 0.6) is 5.75 Å². The van der Waals surface area contributed by atoms with Gasteiger partial charge in [-0.25, -0.2) is 4.79 Å². The lowest BCUT2D eigenvalue weighted by Gasteiger charge is -2.33. The number of piperidine rings is 1. The molecule has 2 aromatic rings. The van der Waals surface area contributed by atoms with E-state index in [1.807, 2.05) is 63.4 Å². The fraction of sp³-hybridized carbons (Fsp3) is 0.500. The molecule has 2 saturated heterocycles. The van der Waals surface area contributed by atoms with Crippen LogP contribution in [0.1, 0.15) is 40.0 Å². The number of hydrogen-bond acceptors (Lipinski definition) is 6. The van der Waals surface area contributed by atoms with E-state index in [-0.39, 0.29) is 24.0 Å². The molecule has 2 aliphatic rings. The Morgan fingerprint density at radius 3 is 2.41 bits per heavy atom. The van der Waals surface area contributed by atoms with E-state index in [0.29, 0.717) is 19.6 Å². The zero-order valence-corrected chi connectivity index (χ0v) is 20.2. The summed E-state index contributed by atoms with van der Waals surface area (Å²) in [6.45, 7) is 8.40. The second kappa shape index (κ2) is 10.3. The number of pyridine rings is 1. The molecule has 2 aliphatic heterocycles. The summed E-state index contributed by atoms with van der Waals surface area (Å²) in [7, 11) is 0. The molecule has 4 rings (SSSR count). The molecule has 1 N–H and O–H groups in total. The van der Waals surface area contributed by atoms with E-state index >= 15 is 0 Å². The van der Waals surface area contributed by atoms with E-state index in [4.69, 9.17) is 9.47 Å². The molecule has 1 aromatic heterocycles. The van der Waals surface area contributed by atoms with Gasteiger partial charge in [0.25, 0.3) is 0 Å². The molecular weight excluding hydrogens is 432 g/mol. The minimum atomic E-state index is -0.488. The SMILES string of the molecule is CC(C)(C)OC(=O)N1CCC(Oc2ccc(NC(=O)[C@H]3CCN(c4cccnc4)C3)cc2)CC1. The Morgan fingerprint density at radius 1 is 1.03 bits per heavy atom. The summed E-state index contributed by atoms with van der Waals surface area (Å²) in [6, 6.07) is 11.4. The number of carbonyl (C=O) groups excluding carboxylic acids is 2. The number of hydrogen-bond donors (Lipinski definition) is 1. The van der Waals surface area contributed by atoms with Gasteiger partial charge in [-0.3, -0.25) is 9.78 Å². The molecule has 2 fully saturated rings. The van der Waals surface area contributed by atoms with E-state index in [1.54, 1.807) is 11.1 Å². The minimum Gasteiger partial charge on any atom is -0.490 e. The first-order valence-corrected chi connectivity index (χ1v) is 12.0. The maximum Gasteiger partial charge on any atom is 0.410 e. The Balaban J connectivity index is 1.22. The Morgan fingerprint density at radius 2 is 1.76 bits per heavy atom. The number of carbonyl (C=O) groups is 2. The van der Waals surface area contributed by atoms with Gasteiger partial charge < -0.3 is 24.6 Å². The molecule has 1 atom stereocenters. The van der Waals surface area contributed by atoms with Crippen LogP contribution in [0, 0.1) is 5.92 Å². The van der Waals surface area contributed by atoms with Crippen molar-refractivity contribution >= 4 is 23.4 Å². The predicted molar refractivity (Wildman–Crippen MR) is 131 cm³/mol. The molecule has 0 saturated carbocycles. The van der Waals surface area contributed by atoms with E-state index in [9.17, 15) is 9.59 Å². The summed E-state index contributed by atoms with van der Waals surface area (Å²) in [5.74, 6) is 0.748. The number of benzene rings is 1. The fourth-order valence-corrected chi connectivity index (χ4v) is 4.29. The largest absolute Gasteiger partial charge is 0.490 e. The first-order valence-electron chi connectivity index (χ1n) is 12.0. The average molecular weight is 467 g/mol. The van der Waals surface area contributed by atoms with E-state index in [1.165, 1.54) is 0 Å². The molecule has 3 heterocycles. The number of nitrogens with one attached hydrogen (secondary N) is 1. The van der Waals surface area contributed by atoms with Gasteiger partial charge in [0.15, 0.2) is 0 Å². The summed E-state index contributed by atoms with van der Waals surface area (Å²) in [5.41, 5.74) is 1.33. The van der Waals surface area contributed by atoms with Gasteiger partial charge in [-0.2, -0.15) is 0 Å². The molecule has 0 bridgehead atoms. The van der Waals surface area contributed by atoms with Crippen LogP contribution >= 0.6 is 0 Å². The van der Waals surface area contributed by atoms with Crippen molar-refractivity contribution in [1.29, 1.82) is 0 Å². The Hall–Kier alpha value is -3.29. The van der Waals surface area contributed by atoms with Gasteiger partial charge in [0, 0.05) is 50.9 Å². The van der Waals surface area contributed by atoms with Crippen LogP contribution in [-0.4, -0.2) is 59.8 Å². The first kappa shape index (κ1) is 23.9. The fourth-order valence-electron chi connectivity index (χ4n) is 4.29. The highest BCUT2D eigenvalue weighted by Gasteiger charge is 2.29. The number of ether oxygens (including phenoxy) is 2. The predicted octanol–water partition coefficient (Wildman–Crippen LogP) is 4.32. The van der Waals surface area contributed by atoms with Crippen molar-refractivity contribution in [1.82, 2.24) is 9.88 Å². The first-order chi connectivity index (χ1) is 16.3. The van der Waals surface area contributed by atoms with Crippen molar-refractivity contribution in [2.45, 2.75) is 51.7 Å². The Bertz CT molecular complexity index is 967. The number of anilines is 2. The van der Waals surface area contributed by atoms with E-state index in [2.05, 4.69) is 15.2 Å². The number of amides is 2. The molecule has 2 amide bonds. The molecule has 0 aliphatic carbocycles. The minimum absolute atomic E-state index is 0.0366. The maximum atomic E-state index is 12.7. The van der Waals surface area contributed by atoms with Crippen LogP contribution in [-0.2, 0) is 9.53 Å². The zero-order chi connectivity index (χ0) is 24.1. The molecule has 0 radical (unpaired) electrons. The lowest BCUT2D eigenvalue weighted by Crippen LogP contribution is -2.44. The van der Waals surface area contributed by atoms with Crippen molar-refractivity contribution in [2.75, 3.05) is 36.4 Å². The molecule has 0 spiro atoms. The second-order valence-corrected chi connectivity index (χ2v) is 9.94. The molecule has 182 valence electrons. The third-order valence-electron chi connectivity index (χ3n) is 6.09. The van der Waals surface area contributed by atoms with Crippen LogP contribution in [0.25, 0.3) is 0 Å². The zero-order valence-electron chi connectivity index (χ0n) is 20.2. The van der Waals surface area contributed by atoms with Gasteiger partial charge in [0.1, 0.15) is 17.5 Å². The third kappa shape index (κ3) is 6.40. The monoisotopic (exact) mass is 466 g/mol. The molecule has 8 nitrogen and oxygen atoms in total. The molecule has 0 unspecified atom stereocenters. The molecule has 1 aromatic carbocycles. The van der Waals surface area contributed by atoms with Crippen molar-refractivity contribution in [3.8, 4) is 5.75 Å². The standard InChI is InChI=1S/C26H34N4O4/c1-26(2,3)34-25(32)29-15-11-23(12-16-29)33-22-8-6-20(7-9-22)28-24(31)19-10-14-30(18-19)21-5-4-13-27-17-21/h4-9,13,17,19,23H,10-12,14-16,18H2,1-3H3,(H,28,31)/t19-/m0/s1. The Kier molecular flexibility index (Phi) is 7.24. The number of rotatable bonds is 5. The number of nitrogens with zero attached hydrogens (tertiary/aromatic N) is 3. The lowest BCUT2D eigenvalue weighted by molar-refractivity contribution is -0.119. The summed E-state index contributed by atoms with van der Waals surface area (Å²) in [4.78, 5) is 33.1. The summed E-state index contributed by atoms with van der Waals surface area (Å²) in [5, 5.41) is 3.03. The lowest BCUT2D eigenvalue weighted by atomic mass is 10.1. The van der Waals surface area contributed by atoms with Gasteiger partial charge in [-0.05, 0) is 63.6 Å². The van der Waals surface area contributed by atoms with E-state index in [0.717, 1.165) is 42.9 Å². The maximum absolute atomic E-state index is 12.7. The van der Waals surface area contributed by atoms with Crippen molar-refractivity contribution in [3.63, 3.8) is 0 Å². The van der Waals surface area contributed by atoms with Crippen LogP contribution in [0.15, 0.2) is 48.8 Å². The average Bonchev–Trinajstić information content (AvgIpc) is 3.31. The highest BCUT2D eigenvalue weighted by Crippen LogP contribution is 2.25.